The smallest absolute Gasteiger partial charge is 0.351 e. The third kappa shape index (κ3) is 2.82. The number of carbonyl (C=O) groups excluding carboxylic acids is 1. The van der Waals surface area contributed by atoms with E-state index >= 15 is 0 Å². The molecule has 0 unspecified atom stereocenters. The molecule has 1 aliphatic rings. The molecule has 1 saturated carbocycles. The van der Waals surface area contributed by atoms with Gasteiger partial charge in [-0.05, 0) is 18.8 Å². The summed E-state index contributed by atoms with van der Waals surface area (Å²) in [6.07, 6.45) is 2.92. The van der Waals surface area contributed by atoms with Crippen molar-refractivity contribution in [3.8, 4) is 0 Å². The summed E-state index contributed by atoms with van der Waals surface area (Å²) in [6.45, 7) is 0. The Hall–Kier alpha value is -0.880. The summed E-state index contributed by atoms with van der Waals surface area (Å²) in [5.41, 5.74) is 0. The fourth-order valence-electron chi connectivity index (χ4n) is 0.837. The number of methoxy groups -OCH3 is 1. The first-order valence-corrected chi connectivity index (χ1v) is 5.17. The van der Waals surface area contributed by atoms with Gasteiger partial charge in [-0.1, -0.05) is 6.08 Å². The molecule has 0 aromatic rings. The highest BCUT2D eigenvalue weighted by Crippen LogP contribution is 2.32. The summed E-state index contributed by atoms with van der Waals surface area (Å²) in [5.74, 6) is -0.939. The Bertz CT molecular complexity index is 336. The predicted octanol–water partition coefficient (Wildman–Crippen LogP) is 0.341. The molecule has 74 valence electrons. The zero-order chi connectivity index (χ0) is 10.1. The van der Waals surface area contributed by atoms with E-state index < -0.39 is 21.0 Å². The summed E-state index contributed by atoms with van der Waals surface area (Å²) < 4.78 is 34.2. The van der Waals surface area contributed by atoms with Crippen molar-refractivity contribution < 1.29 is 22.5 Å². The van der Waals surface area contributed by atoms with Crippen LogP contribution in [0.5, 0.6) is 0 Å². The van der Waals surface area contributed by atoms with Crippen LogP contribution in [-0.4, -0.2) is 26.0 Å². The Morgan fingerprint density at radius 2 is 2.08 bits per heavy atom. The van der Waals surface area contributed by atoms with Crippen molar-refractivity contribution in [1.82, 2.24) is 0 Å². The van der Waals surface area contributed by atoms with E-state index in [0.717, 1.165) is 20.0 Å². The van der Waals surface area contributed by atoms with Gasteiger partial charge in [0.1, 0.15) is 0 Å². The molecular formula is C7H10O5S. The summed E-state index contributed by atoms with van der Waals surface area (Å²) in [5, 5.41) is 0. The van der Waals surface area contributed by atoms with Crippen LogP contribution in [0, 0.1) is 5.92 Å². The summed E-state index contributed by atoms with van der Waals surface area (Å²) in [4.78, 5) is 10.2. The van der Waals surface area contributed by atoms with E-state index in [2.05, 4.69) is 4.74 Å². The van der Waals surface area contributed by atoms with Gasteiger partial charge in [-0.3, -0.25) is 4.55 Å². The summed E-state index contributed by atoms with van der Waals surface area (Å²) in [6, 6.07) is 0. The van der Waals surface area contributed by atoms with Gasteiger partial charge < -0.3 is 4.74 Å². The van der Waals surface area contributed by atoms with Crippen molar-refractivity contribution in [3.63, 3.8) is 0 Å². The molecule has 0 amide bonds. The molecule has 1 fully saturated rings. The first-order chi connectivity index (χ1) is 5.95. The van der Waals surface area contributed by atoms with Crippen molar-refractivity contribution >= 4 is 16.1 Å². The molecule has 13 heavy (non-hydrogen) atoms. The Morgan fingerprint density at radius 3 is 2.38 bits per heavy atom. The quantitative estimate of drug-likeness (QED) is 0.409. The van der Waals surface area contributed by atoms with Crippen LogP contribution in [0.3, 0.4) is 0 Å². The number of ether oxygens (including phenoxy) is 1. The highest BCUT2D eigenvalue weighted by molar-refractivity contribution is 7.90. The minimum absolute atomic E-state index is 0.0797. The molecule has 6 heteroatoms. The fourth-order valence-corrected chi connectivity index (χ4v) is 1.50. The number of hydrogen-bond donors (Lipinski definition) is 1. The maximum atomic E-state index is 10.9. The van der Waals surface area contributed by atoms with Gasteiger partial charge in [0.15, 0.2) is 4.91 Å². The molecule has 0 radical (unpaired) electrons. The van der Waals surface area contributed by atoms with Gasteiger partial charge >= 0.3 is 16.1 Å². The lowest BCUT2D eigenvalue weighted by Gasteiger charge is -2.00. The van der Waals surface area contributed by atoms with E-state index in [1.54, 1.807) is 0 Å². The minimum atomic E-state index is -4.44. The lowest BCUT2D eigenvalue weighted by molar-refractivity contribution is -0.135. The highest BCUT2D eigenvalue weighted by atomic mass is 32.2. The van der Waals surface area contributed by atoms with Crippen LogP contribution in [0.25, 0.3) is 0 Å². The van der Waals surface area contributed by atoms with Gasteiger partial charge in [-0.2, -0.15) is 8.42 Å². The second-order valence-electron chi connectivity index (χ2n) is 2.83. The third-order valence-electron chi connectivity index (χ3n) is 1.67. The Balaban J connectivity index is 2.94. The average molecular weight is 206 g/mol. The van der Waals surface area contributed by atoms with Crippen molar-refractivity contribution in [1.29, 1.82) is 0 Å². The third-order valence-corrected chi connectivity index (χ3v) is 2.53. The maximum Gasteiger partial charge on any atom is 0.351 e. The van der Waals surface area contributed by atoms with Gasteiger partial charge in [0.25, 0.3) is 0 Å². The van der Waals surface area contributed by atoms with Crippen LogP contribution in [-0.2, 0) is 19.6 Å². The molecule has 0 aliphatic heterocycles. The lowest BCUT2D eigenvalue weighted by Crippen LogP contribution is -2.14. The van der Waals surface area contributed by atoms with Crippen LogP contribution < -0.4 is 0 Å². The van der Waals surface area contributed by atoms with Gasteiger partial charge in [-0.15, -0.1) is 0 Å². The van der Waals surface area contributed by atoms with Gasteiger partial charge in [0.2, 0.25) is 0 Å². The molecular weight excluding hydrogens is 196 g/mol. The lowest BCUT2D eigenvalue weighted by atomic mass is 10.4. The molecule has 1 aliphatic carbocycles. The predicted molar refractivity (Wildman–Crippen MR) is 44.4 cm³/mol. The van der Waals surface area contributed by atoms with E-state index in [1.807, 2.05) is 0 Å². The molecule has 0 saturated heterocycles. The monoisotopic (exact) mass is 206 g/mol. The standard InChI is InChI=1S/C7H10O5S/c1-12-7(8)6(13(9,10)11)4-5-2-3-5/h4-5H,2-3H2,1H3,(H,9,10,11). The Morgan fingerprint density at radius 1 is 1.54 bits per heavy atom. The molecule has 1 N–H and O–H groups in total. The topological polar surface area (TPSA) is 80.7 Å². The molecule has 1 rings (SSSR count). The van der Waals surface area contributed by atoms with Crippen LogP contribution in [0.4, 0.5) is 0 Å². The van der Waals surface area contributed by atoms with Crippen molar-refractivity contribution in [2.75, 3.05) is 7.11 Å². The van der Waals surface area contributed by atoms with E-state index in [4.69, 9.17) is 4.55 Å². The highest BCUT2D eigenvalue weighted by Gasteiger charge is 2.28. The van der Waals surface area contributed by atoms with Gasteiger partial charge in [0.05, 0.1) is 7.11 Å². The fraction of sp³-hybridized carbons (Fsp3) is 0.571. The van der Waals surface area contributed by atoms with Crippen molar-refractivity contribution in [3.05, 3.63) is 11.0 Å². The van der Waals surface area contributed by atoms with Crippen LogP contribution >= 0.6 is 0 Å². The molecule has 0 aromatic heterocycles. The number of rotatable bonds is 3. The van der Waals surface area contributed by atoms with E-state index in [-0.39, 0.29) is 5.92 Å². The molecule has 5 nitrogen and oxygen atoms in total. The van der Waals surface area contributed by atoms with Gasteiger partial charge in [0, 0.05) is 0 Å². The molecule has 0 heterocycles. The zero-order valence-corrected chi connectivity index (χ0v) is 7.87. The molecule has 0 aromatic carbocycles. The number of esters is 1. The second kappa shape index (κ2) is 3.47. The van der Waals surface area contributed by atoms with Crippen molar-refractivity contribution in [2.45, 2.75) is 12.8 Å². The Labute approximate surface area is 76.1 Å². The summed E-state index contributed by atoms with van der Waals surface area (Å²) in [7, 11) is -3.38. The van der Waals surface area contributed by atoms with Crippen molar-refractivity contribution in [2.24, 2.45) is 5.92 Å². The first kappa shape index (κ1) is 10.2. The average Bonchev–Trinajstić information content (AvgIpc) is 2.80. The van der Waals surface area contributed by atoms with Crippen LogP contribution in [0.15, 0.2) is 11.0 Å². The maximum absolute atomic E-state index is 10.9. The summed E-state index contributed by atoms with van der Waals surface area (Å²) >= 11 is 0. The van der Waals surface area contributed by atoms with Gasteiger partial charge in [-0.25, -0.2) is 4.79 Å². The Kier molecular flexibility index (Phi) is 2.72. The molecule has 0 bridgehead atoms. The van der Waals surface area contributed by atoms with Crippen LogP contribution in [0.1, 0.15) is 12.8 Å². The zero-order valence-electron chi connectivity index (χ0n) is 7.06. The van der Waals surface area contributed by atoms with E-state index in [1.165, 1.54) is 6.08 Å². The number of carbonyl (C=O) groups is 1. The largest absolute Gasteiger partial charge is 0.465 e. The molecule has 0 atom stereocenters. The number of hydrogen-bond acceptors (Lipinski definition) is 4. The van der Waals surface area contributed by atoms with E-state index in [9.17, 15) is 13.2 Å². The minimum Gasteiger partial charge on any atom is -0.465 e. The van der Waals surface area contributed by atoms with Crippen LogP contribution in [0.2, 0.25) is 0 Å². The molecule has 0 spiro atoms. The van der Waals surface area contributed by atoms with E-state index in [0.29, 0.717) is 0 Å². The second-order valence-corrected chi connectivity index (χ2v) is 4.22. The normalized spacial score (nSPS) is 18.5. The first-order valence-electron chi connectivity index (χ1n) is 3.73. The number of allylic oxidation sites excluding steroid dienone is 1. The SMILES string of the molecule is COC(=O)C(=CC1CC1)S(=O)(=O)O.